The number of nitrogens with zero attached hydrogens (tertiary/aromatic N) is 3. The molecule has 0 bridgehead atoms. The molecule has 2 unspecified atom stereocenters. The number of benzene rings is 1. The molecule has 1 aliphatic rings. The summed E-state index contributed by atoms with van der Waals surface area (Å²) in [5, 5.41) is 0.506. The third kappa shape index (κ3) is 4.92. The van der Waals surface area contributed by atoms with Crippen LogP contribution >= 0.6 is 11.6 Å². The first-order valence-electron chi connectivity index (χ1n) is 8.32. The van der Waals surface area contributed by atoms with Crippen LogP contribution in [0.4, 0.5) is 0 Å². The summed E-state index contributed by atoms with van der Waals surface area (Å²) in [6, 6.07) is 7.55. The fraction of sp³-hybridized carbons (Fsp3) is 0.647. The fourth-order valence-electron chi connectivity index (χ4n) is 3.19. The topological polar surface area (TPSA) is 43.9 Å². The molecule has 0 radical (unpaired) electrons. The van der Waals surface area contributed by atoms with Crippen LogP contribution in [0.15, 0.2) is 24.3 Å². The van der Waals surface area contributed by atoms with Crippen LogP contribution in [-0.4, -0.2) is 74.9 Å². The molecule has 0 saturated carbocycles. The number of rotatable bonds is 6. The lowest BCUT2D eigenvalue weighted by molar-refractivity contribution is 0.0708. The van der Waals surface area contributed by atoms with Crippen LogP contribution in [0, 0.1) is 0 Å². The molecule has 1 heterocycles. The zero-order chi connectivity index (χ0) is 17.9. The van der Waals surface area contributed by atoms with Crippen LogP contribution in [0.1, 0.15) is 19.4 Å². The van der Waals surface area contributed by atoms with Gasteiger partial charge in [-0.2, -0.15) is 4.31 Å². The summed E-state index contributed by atoms with van der Waals surface area (Å²) >= 11 is 6.12. The van der Waals surface area contributed by atoms with Crippen molar-refractivity contribution in [3.05, 3.63) is 34.9 Å². The molecule has 0 aliphatic carbocycles. The van der Waals surface area contributed by atoms with Gasteiger partial charge in [0, 0.05) is 43.3 Å². The van der Waals surface area contributed by atoms with E-state index in [0.717, 1.165) is 13.1 Å². The Kier molecular flexibility index (Phi) is 6.67. The molecule has 1 aliphatic heterocycles. The molecule has 5 nitrogen and oxygen atoms in total. The standard InChI is InChI=1S/C17H28ClN3O2S/c1-14-11-20(12-15(2)21(14)10-9-19(3)4)24(22,23)13-16-7-5-6-8-17(16)18/h5-8,14-15H,9-13H2,1-4H3. The van der Waals surface area contributed by atoms with Gasteiger partial charge in [-0.3, -0.25) is 4.90 Å². The lowest BCUT2D eigenvalue weighted by Crippen LogP contribution is -2.59. The molecule has 2 atom stereocenters. The number of halogens is 1. The van der Waals surface area contributed by atoms with E-state index in [9.17, 15) is 8.42 Å². The van der Waals surface area contributed by atoms with Gasteiger partial charge in [-0.15, -0.1) is 0 Å². The summed E-state index contributed by atoms with van der Waals surface area (Å²) in [6.07, 6.45) is 0. The minimum atomic E-state index is -3.37. The van der Waals surface area contributed by atoms with E-state index in [2.05, 4.69) is 37.7 Å². The second-order valence-electron chi connectivity index (χ2n) is 6.90. The van der Waals surface area contributed by atoms with Gasteiger partial charge in [0.15, 0.2) is 0 Å². The number of hydrogen-bond donors (Lipinski definition) is 0. The molecule has 1 aromatic carbocycles. The third-order valence-corrected chi connectivity index (χ3v) is 6.69. The predicted molar refractivity (Wildman–Crippen MR) is 99.8 cm³/mol. The summed E-state index contributed by atoms with van der Waals surface area (Å²) in [4.78, 5) is 4.54. The average molecular weight is 374 g/mol. The largest absolute Gasteiger partial charge is 0.308 e. The molecule has 0 aromatic heterocycles. The minimum Gasteiger partial charge on any atom is -0.308 e. The second-order valence-corrected chi connectivity index (χ2v) is 9.28. The Morgan fingerprint density at radius 3 is 2.29 bits per heavy atom. The predicted octanol–water partition coefficient (Wildman–Crippen LogP) is 2.13. The Balaban J connectivity index is 2.06. The van der Waals surface area contributed by atoms with Crippen LogP contribution in [0.2, 0.25) is 5.02 Å². The smallest absolute Gasteiger partial charge is 0.218 e. The van der Waals surface area contributed by atoms with Crippen LogP contribution in [0.25, 0.3) is 0 Å². The summed E-state index contributed by atoms with van der Waals surface area (Å²) in [6.45, 7) is 7.19. The monoisotopic (exact) mass is 373 g/mol. The van der Waals surface area contributed by atoms with Gasteiger partial charge in [-0.25, -0.2) is 8.42 Å². The highest BCUT2D eigenvalue weighted by molar-refractivity contribution is 7.88. The molecule has 0 spiro atoms. The van der Waals surface area contributed by atoms with Gasteiger partial charge in [0.05, 0.1) is 5.75 Å². The van der Waals surface area contributed by atoms with Gasteiger partial charge in [0.2, 0.25) is 10.0 Å². The van der Waals surface area contributed by atoms with E-state index >= 15 is 0 Å². The molecule has 2 rings (SSSR count). The van der Waals surface area contributed by atoms with E-state index in [4.69, 9.17) is 11.6 Å². The highest BCUT2D eigenvalue weighted by Gasteiger charge is 2.35. The fourth-order valence-corrected chi connectivity index (χ4v) is 5.19. The minimum absolute atomic E-state index is 0.0379. The maximum Gasteiger partial charge on any atom is 0.218 e. The molecule has 0 amide bonds. The van der Waals surface area contributed by atoms with Gasteiger partial charge < -0.3 is 4.90 Å². The van der Waals surface area contributed by atoms with E-state index in [-0.39, 0.29) is 17.8 Å². The van der Waals surface area contributed by atoms with Crippen LogP contribution in [-0.2, 0) is 15.8 Å². The molecule has 0 N–H and O–H groups in total. The van der Waals surface area contributed by atoms with Crippen molar-refractivity contribution in [2.24, 2.45) is 0 Å². The Labute approximate surface area is 151 Å². The van der Waals surface area contributed by atoms with E-state index in [1.54, 1.807) is 16.4 Å². The van der Waals surface area contributed by atoms with Crippen LogP contribution in [0.5, 0.6) is 0 Å². The maximum absolute atomic E-state index is 12.8. The van der Waals surface area contributed by atoms with Crippen LogP contribution < -0.4 is 0 Å². The summed E-state index contributed by atoms with van der Waals surface area (Å²) in [7, 11) is 0.743. The zero-order valence-electron chi connectivity index (χ0n) is 14.9. The first-order chi connectivity index (χ1) is 11.2. The molecule has 24 heavy (non-hydrogen) atoms. The van der Waals surface area contributed by atoms with E-state index in [1.165, 1.54) is 0 Å². The Hall–Kier alpha value is -0.660. The summed E-state index contributed by atoms with van der Waals surface area (Å²) < 4.78 is 27.2. The number of hydrogen-bond acceptors (Lipinski definition) is 4. The highest BCUT2D eigenvalue weighted by Crippen LogP contribution is 2.23. The van der Waals surface area contributed by atoms with Crippen molar-refractivity contribution < 1.29 is 8.42 Å². The normalized spacial score (nSPS) is 23.8. The average Bonchev–Trinajstić information content (AvgIpc) is 2.48. The number of piperazine rings is 1. The summed E-state index contributed by atoms with van der Waals surface area (Å²) in [5.41, 5.74) is 0.662. The van der Waals surface area contributed by atoms with Crippen molar-refractivity contribution in [1.29, 1.82) is 0 Å². The van der Waals surface area contributed by atoms with Crippen molar-refractivity contribution in [3.8, 4) is 0 Å². The molecule has 136 valence electrons. The van der Waals surface area contributed by atoms with Gasteiger partial charge in [0.25, 0.3) is 0 Å². The van der Waals surface area contributed by atoms with Crippen LogP contribution in [0.3, 0.4) is 0 Å². The van der Waals surface area contributed by atoms with E-state index in [1.807, 2.05) is 12.1 Å². The molecular formula is C17H28ClN3O2S. The van der Waals surface area contributed by atoms with Crippen molar-refractivity contribution >= 4 is 21.6 Å². The second kappa shape index (κ2) is 8.15. The molecule has 1 saturated heterocycles. The Morgan fingerprint density at radius 2 is 1.75 bits per heavy atom. The van der Waals surface area contributed by atoms with Gasteiger partial charge in [-0.1, -0.05) is 29.8 Å². The maximum atomic E-state index is 12.8. The lowest BCUT2D eigenvalue weighted by Gasteiger charge is -2.44. The molecular weight excluding hydrogens is 346 g/mol. The van der Waals surface area contributed by atoms with Crippen molar-refractivity contribution in [3.63, 3.8) is 0 Å². The lowest BCUT2D eigenvalue weighted by atomic mass is 10.1. The summed E-state index contributed by atoms with van der Waals surface area (Å²) in [5.74, 6) is -0.0379. The third-order valence-electron chi connectivity index (χ3n) is 4.56. The SMILES string of the molecule is CC1CN(S(=O)(=O)Cc2ccccc2Cl)CC(C)N1CCN(C)C. The first-order valence-corrected chi connectivity index (χ1v) is 10.3. The molecule has 1 aromatic rings. The molecule has 1 fully saturated rings. The first kappa shape index (κ1) is 19.7. The Bertz CT molecular complexity index is 639. The van der Waals surface area contributed by atoms with Crippen molar-refractivity contribution in [2.45, 2.75) is 31.7 Å². The van der Waals surface area contributed by atoms with Crippen molar-refractivity contribution in [2.75, 3.05) is 40.3 Å². The zero-order valence-corrected chi connectivity index (χ0v) is 16.5. The number of likely N-dealkylation sites (N-methyl/N-ethyl adjacent to an activating group) is 1. The molecule has 7 heteroatoms. The van der Waals surface area contributed by atoms with Gasteiger partial charge >= 0.3 is 0 Å². The van der Waals surface area contributed by atoms with E-state index < -0.39 is 10.0 Å². The van der Waals surface area contributed by atoms with E-state index in [0.29, 0.717) is 23.7 Å². The van der Waals surface area contributed by atoms with Gasteiger partial charge in [0.1, 0.15) is 0 Å². The quantitative estimate of drug-likeness (QED) is 0.766. The highest BCUT2D eigenvalue weighted by atomic mass is 35.5. The van der Waals surface area contributed by atoms with Crippen molar-refractivity contribution in [1.82, 2.24) is 14.1 Å². The Morgan fingerprint density at radius 1 is 1.17 bits per heavy atom. The van der Waals surface area contributed by atoms with Gasteiger partial charge in [-0.05, 0) is 39.6 Å². The number of sulfonamides is 1.